The lowest BCUT2D eigenvalue weighted by Gasteiger charge is -2.23. The molecule has 1 amide bonds. The highest BCUT2D eigenvalue weighted by Crippen LogP contribution is 2.38. The highest BCUT2D eigenvalue weighted by atomic mass is 32.1. The Hall–Kier alpha value is -4.13. The summed E-state index contributed by atoms with van der Waals surface area (Å²) in [5.74, 6) is -3.81. The third-order valence-corrected chi connectivity index (χ3v) is 5.43. The van der Waals surface area contributed by atoms with Gasteiger partial charge in [0.15, 0.2) is 17.4 Å². The van der Waals surface area contributed by atoms with Crippen molar-refractivity contribution in [1.82, 2.24) is 10.3 Å². The van der Waals surface area contributed by atoms with Crippen LogP contribution in [0.25, 0.3) is 21.7 Å². The Morgan fingerprint density at radius 3 is 2.41 bits per heavy atom. The van der Waals surface area contributed by atoms with Crippen molar-refractivity contribution in [3.8, 4) is 16.5 Å². The van der Waals surface area contributed by atoms with Crippen molar-refractivity contribution in [2.24, 2.45) is 0 Å². The standard InChI is InChI=1S/C21H21N3O9S/c1-2-3-22-20(31)16-7-23-21(34-16)15-5-11-4-14(32-10-19(29)30)12(6-13(11)33-15)24(8-17(25)26)9-18(27)28/h4-7H,2-3,8-10H2,1H3,(H,22,31)(H,25,26)(H,27,28)(H,29,30). The van der Waals surface area contributed by atoms with E-state index < -0.39 is 37.6 Å². The maximum atomic E-state index is 12.2. The fourth-order valence-corrected chi connectivity index (χ4v) is 3.82. The summed E-state index contributed by atoms with van der Waals surface area (Å²) >= 11 is 1.11. The van der Waals surface area contributed by atoms with Crippen LogP contribution in [0.2, 0.25) is 0 Å². The van der Waals surface area contributed by atoms with Crippen molar-refractivity contribution in [1.29, 1.82) is 0 Å². The van der Waals surface area contributed by atoms with Crippen LogP contribution in [-0.4, -0.2) is 70.4 Å². The van der Waals surface area contributed by atoms with Gasteiger partial charge in [0, 0.05) is 18.0 Å². The number of benzene rings is 1. The van der Waals surface area contributed by atoms with E-state index in [2.05, 4.69) is 10.3 Å². The van der Waals surface area contributed by atoms with Crippen LogP contribution >= 0.6 is 11.3 Å². The number of carboxylic acids is 3. The van der Waals surface area contributed by atoms with Gasteiger partial charge in [0.2, 0.25) is 0 Å². The van der Waals surface area contributed by atoms with Crippen molar-refractivity contribution < 1.29 is 43.7 Å². The number of fused-ring (bicyclic) bond motifs is 1. The summed E-state index contributed by atoms with van der Waals surface area (Å²) in [4.78, 5) is 51.3. The van der Waals surface area contributed by atoms with Crippen LogP contribution in [0.1, 0.15) is 23.0 Å². The lowest BCUT2D eigenvalue weighted by Crippen LogP contribution is -2.34. The van der Waals surface area contributed by atoms with E-state index in [0.29, 0.717) is 27.6 Å². The van der Waals surface area contributed by atoms with Crippen LogP contribution < -0.4 is 15.0 Å². The number of carbonyl (C=O) groups is 4. The molecule has 1 aromatic carbocycles. The Kier molecular flexibility index (Phi) is 7.68. The number of nitrogens with one attached hydrogen (secondary N) is 1. The lowest BCUT2D eigenvalue weighted by molar-refractivity contribution is -0.140. The molecule has 0 aliphatic heterocycles. The van der Waals surface area contributed by atoms with Crippen molar-refractivity contribution in [3.63, 3.8) is 0 Å². The normalized spacial score (nSPS) is 10.7. The van der Waals surface area contributed by atoms with Gasteiger partial charge in [-0.1, -0.05) is 6.92 Å². The van der Waals surface area contributed by atoms with Gasteiger partial charge in [-0.15, -0.1) is 11.3 Å². The summed E-state index contributed by atoms with van der Waals surface area (Å²) in [6.45, 7) is 0.403. The molecule has 34 heavy (non-hydrogen) atoms. The first-order chi connectivity index (χ1) is 16.2. The van der Waals surface area contributed by atoms with Crippen LogP contribution in [0.5, 0.6) is 5.75 Å². The largest absolute Gasteiger partial charge is 0.480 e. The highest BCUT2D eigenvalue weighted by Gasteiger charge is 2.22. The first-order valence-corrected chi connectivity index (χ1v) is 10.8. The minimum Gasteiger partial charge on any atom is -0.480 e. The molecule has 4 N–H and O–H groups in total. The van der Waals surface area contributed by atoms with Gasteiger partial charge in [-0.3, -0.25) is 14.4 Å². The smallest absolute Gasteiger partial charge is 0.341 e. The van der Waals surface area contributed by atoms with E-state index in [-0.39, 0.29) is 22.9 Å². The third kappa shape index (κ3) is 6.01. The van der Waals surface area contributed by atoms with Crippen molar-refractivity contribution in [3.05, 3.63) is 29.3 Å². The summed E-state index contributed by atoms with van der Waals surface area (Å²) in [5.41, 5.74) is 0.304. The number of aromatic nitrogens is 1. The van der Waals surface area contributed by atoms with Gasteiger partial charge < -0.3 is 34.7 Å². The number of hydrogen-bond donors (Lipinski definition) is 4. The molecule has 0 spiro atoms. The molecule has 0 bridgehead atoms. The number of carbonyl (C=O) groups excluding carboxylic acids is 1. The average molecular weight is 491 g/mol. The number of thiazole rings is 1. The molecule has 0 radical (unpaired) electrons. The summed E-state index contributed by atoms with van der Waals surface area (Å²) in [6.07, 6.45) is 2.21. The predicted octanol–water partition coefficient (Wildman–Crippen LogP) is 2.14. The molecule has 0 aliphatic carbocycles. The highest BCUT2D eigenvalue weighted by molar-refractivity contribution is 7.16. The Bertz CT molecular complexity index is 1220. The van der Waals surface area contributed by atoms with Gasteiger partial charge in [-0.25, -0.2) is 9.78 Å². The zero-order valence-corrected chi connectivity index (χ0v) is 18.8. The van der Waals surface area contributed by atoms with Gasteiger partial charge >= 0.3 is 17.9 Å². The molecule has 3 rings (SSSR count). The Morgan fingerprint density at radius 2 is 1.79 bits per heavy atom. The molecule has 0 saturated heterocycles. The van der Waals surface area contributed by atoms with Crippen LogP contribution in [-0.2, 0) is 14.4 Å². The first-order valence-electron chi connectivity index (χ1n) is 10.0. The number of amides is 1. The third-order valence-electron chi connectivity index (χ3n) is 4.42. The van der Waals surface area contributed by atoms with Crippen LogP contribution in [0.15, 0.2) is 28.8 Å². The molecule has 13 heteroatoms. The van der Waals surface area contributed by atoms with Crippen molar-refractivity contribution >= 4 is 51.8 Å². The molecule has 3 aromatic rings. The van der Waals surface area contributed by atoms with Crippen LogP contribution in [0.3, 0.4) is 0 Å². The number of furan rings is 1. The van der Waals surface area contributed by atoms with E-state index >= 15 is 0 Å². The van der Waals surface area contributed by atoms with E-state index in [1.165, 1.54) is 18.3 Å². The van der Waals surface area contributed by atoms with Gasteiger partial charge in [-0.05, 0) is 18.6 Å². The maximum Gasteiger partial charge on any atom is 0.341 e. The van der Waals surface area contributed by atoms with Gasteiger partial charge in [0.1, 0.15) is 29.3 Å². The topological polar surface area (TPSA) is 179 Å². The molecule has 2 heterocycles. The maximum absolute atomic E-state index is 12.2. The van der Waals surface area contributed by atoms with Crippen LogP contribution in [0.4, 0.5) is 5.69 Å². The number of nitrogens with zero attached hydrogens (tertiary/aromatic N) is 2. The second-order valence-corrected chi connectivity index (χ2v) is 8.11. The van der Waals surface area contributed by atoms with E-state index in [4.69, 9.17) is 14.3 Å². The second-order valence-electron chi connectivity index (χ2n) is 7.08. The molecule has 180 valence electrons. The van der Waals surface area contributed by atoms with Crippen molar-refractivity contribution in [2.75, 3.05) is 31.1 Å². The molecule has 0 atom stereocenters. The number of hydrogen-bond acceptors (Lipinski definition) is 9. The van der Waals surface area contributed by atoms with E-state index in [0.717, 1.165) is 22.7 Å². The second kappa shape index (κ2) is 10.7. The zero-order valence-electron chi connectivity index (χ0n) is 17.9. The first kappa shape index (κ1) is 24.5. The molecule has 0 unspecified atom stereocenters. The number of rotatable bonds is 12. The number of anilines is 1. The molecule has 2 aromatic heterocycles. The van der Waals surface area contributed by atoms with Gasteiger partial charge in [-0.2, -0.15) is 0 Å². The zero-order chi connectivity index (χ0) is 24.8. The fourth-order valence-electron chi connectivity index (χ4n) is 3.03. The van der Waals surface area contributed by atoms with Gasteiger partial charge in [0.05, 0.1) is 11.9 Å². The average Bonchev–Trinajstić information content (AvgIpc) is 3.41. The molecular formula is C21H21N3O9S. The molecule has 0 fully saturated rings. The Morgan fingerprint density at radius 1 is 1.09 bits per heavy atom. The number of ether oxygens (including phenoxy) is 1. The van der Waals surface area contributed by atoms with Crippen molar-refractivity contribution in [2.45, 2.75) is 13.3 Å². The summed E-state index contributed by atoms with van der Waals surface area (Å²) in [7, 11) is 0. The number of aliphatic carboxylic acids is 3. The predicted molar refractivity (Wildman–Crippen MR) is 121 cm³/mol. The molecule has 12 nitrogen and oxygen atoms in total. The fraction of sp³-hybridized carbons (Fsp3) is 0.286. The quantitative estimate of drug-likeness (QED) is 0.291. The molecule has 0 aliphatic rings. The van der Waals surface area contributed by atoms with Crippen LogP contribution in [0, 0.1) is 0 Å². The van der Waals surface area contributed by atoms with E-state index in [1.807, 2.05) is 6.92 Å². The van der Waals surface area contributed by atoms with E-state index in [9.17, 15) is 29.4 Å². The SMILES string of the molecule is CCCNC(=O)c1cnc(-c2cc3cc(OCC(=O)O)c(N(CC(=O)O)CC(=O)O)cc3o2)s1. The summed E-state index contributed by atoms with van der Waals surface area (Å²) in [6, 6.07) is 4.42. The Balaban J connectivity index is 2.02. The molecule has 0 saturated carbocycles. The Labute approximate surface area is 196 Å². The van der Waals surface area contributed by atoms with E-state index in [1.54, 1.807) is 6.07 Å². The minimum atomic E-state index is -1.29. The number of carboxylic acid groups (broad SMARTS) is 3. The molecular weight excluding hydrogens is 470 g/mol. The minimum absolute atomic E-state index is 0.0245. The summed E-state index contributed by atoms with van der Waals surface area (Å²) in [5, 5.41) is 31.0. The lowest BCUT2D eigenvalue weighted by atomic mass is 10.2. The monoisotopic (exact) mass is 491 g/mol. The van der Waals surface area contributed by atoms with Gasteiger partial charge in [0.25, 0.3) is 5.91 Å². The summed E-state index contributed by atoms with van der Waals surface area (Å²) < 4.78 is 11.1.